The molecule has 0 radical (unpaired) electrons. The number of rotatable bonds is 2. The second-order valence-electron chi connectivity index (χ2n) is 3.29. The molecule has 0 aromatic heterocycles. The predicted octanol–water partition coefficient (Wildman–Crippen LogP) is -0.142. The Morgan fingerprint density at radius 3 is 2.36 bits per heavy atom. The Morgan fingerprint density at radius 2 is 2.00 bits per heavy atom. The molecular formula is C7H12O4. The van der Waals surface area contributed by atoms with Gasteiger partial charge in [-0.3, -0.25) is 0 Å². The van der Waals surface area contributed by atoms with Crippen molar-refractivity contribution in [3.8, 4) is 0 Å². The number of aliphatic hydroxyl groups excluding tert-OH is 1. The van der Waals surface area contributed by atoms with Crippen molar-refractivity contribution >= 4 is 0 Å². The van der Waals surface area contributed by atoms with Crippen LogP contribution in [0.2, 0.25) is 0 Å². The quantitative estimate of drug-likeness (QED) is 0.610. The van der Waals surface area contributed by atoms with Gasteiger partial charge in [0.25, 0.3) is 5.97 Å². The van der Waals surface area contributed by atoms with Crippen molar-refractivity contribution in [1.29, 1.82) is 0 Å². The first-order chi connectivity index (χ1) is 5.18. The minimum Gasteiger partial charge on any atom is -0.396 e. The third-order valence-electron chi connectivity index (χ3n) is 2.01. The molecule has 2 aliphatic rings. The van der Waals surface area contributed by atoms with Crippen molar-refractivity contribution in [2.45, 2.75) is 24.9 Å². The smallest absolute Gasteiger partial charge is 0.286 e. The van der Waals surface area contributed by atoms with Gasteiger partial charge >= 0.3 is 0 Å². The first kappa shape index (κ1) is 7.49. The molecule has 0 amide bonds. The predicted molar refractivity (Wildman–Crippen MR) is 35.8 cm³/mol. The molecule has 1 N–H and O–H groups in total. The molecule has 2 fully saturated rings. The first-order valence-corrected chi connectivity index (χ1v) is 3.77. The number of fused-ring (bicyclic) bond motifs is 2. The number of aliphatic hydroxyl groups is 1. The maximum Gasteiger partial charge on any atom is 0.286 e. The van der Waals surface area contributed by atoms with E-state index in [4.69, 9.17) is 19.3 Å². The zero-order valence-corrected chi connectivity index (χ0v) is 6.50. The van der Waals surface area contributed by atoms with Gasteiger partial charge in [-0.1, -0.05) is 0 Å². The summed E-state index contributed by atoms with van der Waals surface area (Å²) in [6.07, 6.45) is 0.391. The Bertz CT molecular complexity index is 154. The maximum absolute atomic E-state index is 8.69. The summed E-state index contributed by atoms with van der Waals surface area (Å²) in [7, 11) is 0. The highest BCUT2D eigenvalue weighted by atomic mass is 16.9. The fourth-order valence-corrected chi connectivity index (χ4v) is 1.43. The summed E-state index contributed by atoms with van der Waals surface area (Å²) in [6, 6.07) is 0. The molecular weight excluding hydrogens is 148 g/mol. The average molecular weight is 160 g/mol. The molecule has 4 nitrogen and oxygen atoms in total. The zero-order chi connectivity index (χ0) is 7.95. The average Bonchev–Trinajstić information content (AvgIpc) is 2.42. The van der Waals surface area contributed by atoms with Gasteiger partial charge in [-0.25, -0.2) is 0 Å². The van der Waals surface area contributed by atoms with Crippen LogP contribution in [-0.4, -0.2) is 36.5 Å². The van der Waals surface area contributed by atoms with Crippen LogP contribution in [-0.2, 0) is 14.2 Å². The second-order valence-corrected chi connectivity index (χ2v) is 3.29. The van der Waals surface area contributed by atoms with E-state index in [1.807, 2.05) is 6.92 Å². The SMILES string of the molecule is CC12COC(CCO)(OC1)O2. The molecule has 0 unspecified atom stereocenters. The van der Waals surface area contributed by atoms with E-state index >= 15 is 0 Å². The molecule has 64 valence electrons. The molecule has 0 spiro atoms. The van der Waals surface area contributed by atoms with Crippen LogP contribution in [0.3, 0.4) is 0 Å². The molecule has 2 aliphatic heterocycles. The third kappa shape index (κ3) is 1.06. The number of hydrogen-bond acceptors (Lipinski definition) is 4. The Balaban J connectivity index is 2.08. The lowest BCUT2D eigenvalue weighted by Crippen LogP contribution is -2.34. The van der Waals surface area contributed by atoms with Crippen molar-refractivity contribution < 1.29 is 19.3 Å². The van der Waals surface area contributed by atoms with E-state index in [0.717, 1.165) is 0 Å². The van der Waals surface area contributed by atoms with E-state index in [2.05, 4.69) is 0 Å². The maximum atomic E-state index is 8.69. The van der Waals surface area contributed by atoms with E-state index in [-0.39, 0.29) is 12.2 Å². The van der Waals surface area contributed by atoms with Crippen LogP contribution in [0.25, 0.3) is 0 Å². The summed E-state index contributed by atoms with van der Waals surface area (Å²) in [5.74, 6) is -0.927. The van der Waals surface area contributed by atoms with Crippen molar-refractivity contribution in [2.75, 3.05) is 19.8 Å². The van der Waals surface area contributed by atoms with Crippen LogP contribution in [0.4, 0.5) is 0 Å². The Morgan fingerprint density at radius 1 is 1.36 bits per heavy atom. The van der Waals surface area contributed by atoms with Crippen LogP contribution in [0.5, 0.6) is 0 Å². The van der Waals surface area contributed by atoms with Crippen molar-refractivity contribution in [1.82, 2.24) is 0 Å². The summed E-state index contributed by atoms with van der Waals surface area (Å²) >= 11 is 0. The molecule has 0 saturated carbocycles. The number of hydrogen-bond donors (Lipinski definition) is 1. The molecule has 11 heavy (non-hydrogen) atoms. The monoisotopic (exact) mass is 160 g/mol. The van der Waals surface area contributed by atoms with Crippen LogP contribution < -0.4 is 0 Å². The minimum atomic E-state index is -0.927. The van der Waals surface area contributed by atoms with Gasteiger partial charge in [-0.05, 0) is 6.92 Å². The lowest BCUT2D eigenvalue weighted by atomic mass is 10.1. The van der Waals surface area contributed by atoms with E-state index in [1.54, 1.807) is 0 Å². The Labute approximate surface area is 65.1 Å². The molecule has 2 rings (SSSR count). The normalized spacial score (nSPS) is 48.5. The van der Waals surface area contributed by atoms with Crippen molar-refractivity contribution in [3.05, 3.63) is 0 Å². The van der Waals surface area contributed by atoms with E-state index < -0.39 is 5.97 Å². The van der Waals surface area contributed by atoms with Crippen LogP contribution in [0, 0.1) is 0 Å². The van der Waals surface area contributed by atoms with Gasteiger partial charge in [0.05, 0.1) is 26.2 Å². The van der Waals surface area contributed by atoms with Crippen molar-refractivity contribution in [2.24, 2.45) is 0 Å². The van der Waals surface area contributed by atoms with Crippen LogP contribution in [0.1, 0.15) is 13.3 Å². The lowest BCUT2D eigenvalue weighted by molar-refractivity contribution is -0.304. The topological polar surface area (TPSA) is 47.9 Å². The highest BCUT2D eigenvalue weighted by Gasteiger charge is 2.55. The molecule has 2 heterocycles. The summed E-state index contributed by atoms with van der Waals surface area (Å²) in [6.45, 7) is 3.09. The third-order valence-corrected chi connectivity index (χ3v) is 2.01. The van der Waals surface area contributed by atoms with Gasteiger partial charge in [-0.2, -0.15) is 0 Å². The van der Waals surface area contributed by atoms with Gasteiger partial charge in [0.2, 0.25) is 0 Å². The Hall–Kier alpha value is -0.160. The molecule has 4 heteroatoms. The fourth-order valence-electron chi connectivity index (χ4n) is 1.43. The zero-order valence-electron chi connectivity index (χ0n) is 6.50. The van der Waals surface area contributed by atoms with Gasteiger partial charge in [0.1, 0.15) is 5.60 Å². The summed E-state index contributed by atoms with van der Waals surface area (Å²) in [5.41, 5.74) is -0.283. The highest BCUT2D eigenvalue weighted by Crippen LogP contribution is 2.41. The highest BCUT2D eigenvalue weighted by molar-refractivity contribution is 4.89. The molecule has 0 aliphatic carbocycles. The molecule has 0 atom stereocenters. The summed E-state index contributed by atoms with van der Waals surface area (Å²) < 4.78 is 16.0. The van der Waals surface area contributed by atoms with Gasteiger partial charge in [0, 0.05) is 0 Å². The van der Waals surface area contributed by atoms with Gasteiger partial charge in [-0.15, -0.1) is 0 Å². The van der Waals surface area contributed by atoms with E-state index in [9.17, 15) is 0 Å². The fraction of sp³-hybridized carbons (Fsp3) is 1.00. The molecule has 0 aromatic rings. The number of ether oxygens (including phenoxy) is 3. The lowest BCUT2D eigenvalue weighted by Gasteiger charge is -2.22. The van der Waals surface area contributed by atoms with Gasteiger partial charge < -0.3 is 19.3 Å². The van der Waals surface area contributed by atoms with Crippen molar-refractivity contribution in [3.63, 3.8) is 0 Å². The van der Waals surface area contributed by atoms with Crippen LogP contribution in [0.15, 0.2) is 0 Å². The summed E-state index contributed by atoms with van der Waals surface area (Å²) in [5, 5.41) is 8.69. The molecule has 0 aromatic carbocycles. The standard InChI is InChI=1S/C7H12O4/c1-6-4-9-7(11-6,2-3-8)10-5-6/h8H,2-5H2,1H3. The first-order valence-electron chi connectivity index (χ1n) is 3.77. The Kier molecular flexibility index (Phi) is 1.47. The van der Waals surface area contributed by atoms with E-state index in [1.165, 1.54) is 0 Å². The van der Waals surface area contributed by atoms with Gasteiger partial charge in [0.15, 0.2) is 0 Å². The summed E-state index contributed by atoms with van der Waals surface area (Å²) in [4.78, 5) is 0. The largest absolute Gasteiger partial charge is 0.396 e. The second kappa shape index (κ2) is 2.17. The van der Waals surface area contributed by atoms with Crippen LogP contribution >= 0.6 is 0 Å². The molecule has 2 saturated heterocycles. The molecule has 2 bridgehead atoms. The minimum absolute atomic E-state index is 0.0239. The van der Waals surface area contributed by atoms with E-state index in [0.29, 0.717) is 19.6 Å².